The number of aryl methyl sites for hydroxylation is 1. The molecule has 0 saturated carbocycles. The lowest BCUT2D eigenvalue weighted by Gasteiger charge is -2.17. The number of tetrazole rings is 1. The second kappa shape index (κ2) is 8.10. The van der Waals surface area contributed by atoms with Gasteiger partial charge in [-0.1, -0.05) is 29.8 Å². The van der Waals surface area contributed by atoms with Crippen LogP contribution in [0, 0.1) is 6.92 Å². The van der Waals surface area contributed by atoms with Crippen LogP contribution in [0.4, 0.5) is 0 Å². The van der Waals surface area contributed by atoms with Crippen LogP contribution in [0.2, 0.25) is 0 Å². The van der Waals surface area contributed by atoms with Gasteiger partial charge in [0.1, 0.15) is 5.69 Å². The van der Waals surface area contributed by atoms with Crippen molar-refractivity contribution in [3.8, 4) is 22.8 Å². The van der Waals surface area contributed by atoms with Crippen LogP contribution in [0.5, 0.6) is 0 Å². The third-order valence-electron chi connectivity index (χ3n) is 4.57. The summed E-state index contributed by atoms with van der Waals surface area (Å²) < 4.78 is 2.09. The number of hydrogen-bond donors (Lipinski definition) is 1. The van der Waals surface area contributed by atoms with Gasteiger partial charge in [0.15, 0.2) is 0 Å². The average molecular weight is 374 g/mol. The molecule has 0 saturated heterocycles. The van der Waals surface area contributed by atoms with E-state index >= 15 is 0 Å². The first-order chi connectivity index (χ1) is 13.7. The number of nitrogens with one attached hydrogen (secondary N) is 1. The molecule has 8 heteroatoms. The molecular formula is C20H22N8. The second-order valence-corrected chi connectivity index (χ2v) is 6.89. The summed E-state index contributed by atoms with van der Waals surface area (Å²) in [6.07, 6.45) is 5.59. The molecule has 0 amide bonds. The quantitative estimate of drug-likeness (QED) is 0.535. The first-order valence-electron chi connectivity index (χ1n) is 9.13. The minimum Gasteiger partial charge on any atom is -0.335 e. The van der Waals surface area contributed by atoms with E-state index in [-0.39, 0.29) is 0 Å². The Kier molecular flexibility index (Phi) is 5.20. The molecule has 28 heavy (non-hydrogen) atoms. The van der Waals surface area contributed by atoms with Gasteiger partial charge < -0.3 is 9.47 Å². The number of H-pyrrole nitrogens is 1. The summed E-state index contributed by atoms with van der Waals surface area (Å²) in [6.45, 7) is 4.83. The maximum Gasteiger partial charge on any atom is 0.204 e. The van der Waals surface area contributed by atoms with Crippen molar-refractivity contribution in [2.24, 2.45) is 0 Å². The smallest absolute Gasteiger partial charge is 0.204 e. The van der Waals surface area contributed by atoms with Crippen molar-refractivity contribution in [3.63, 3.8) is 0 Å². The summed E-state index contributed by atoms with van der Waals surface area (Å²) in [4.78, 5) is 11.2. The number of aromatic nitrogens is 7. The zero-order valence-corrected chi connectivity index (χ0v) is 15.9. The predicted octanol–water partition coefficient (Wildman–Crippen LogP) is 2.57. The zero-order chi connectivity index (χ0) is 19.3. The van der Waals surface area contributed by atoms with E-state index < -0.39 is 0 Å². The van der Waals surface area contributed by atoms with Gasteiger partial charge in [0.25, 0.3) is 0 Å². The Hall–Kier alpha value is -3.39. The van der Waals surface area contributed by atoms with Crippen LogP contribution in [0.15, 0.2) is 55.1 Å². The molecule has 0 aliphatic heterocycles. The molecule has 142 valence electrons. The van der Waals surface area contributed by atoms with E-state index in [9.17, 15) is 0 Å². The maximum absolute atomic E-state index is 4.50. The molecule has 0 spiro atoms. The van der Waals surface area contributed by atoms with E-state index in [2.05, 4.69) is 78.3 Å². The lowest BCUT2D eigenvalue weighted by atomic mass is 10.1. The van der Waals surface area contributed by atoms with Crippen LogP contribution in [-0.4, -0.2) is 53.7 Å². The Bertz CT molecular complexity index is 1020. The van der Waals surface area contributed by atoms with Crippen LogP contribution in [-0.2, 0) is 13.1 Å². The summed E-state index contributed by atoms with van der Waals surface area (Å²) in [5, 5.41) is 14.1. The number of rotatable bonds is 7. The van der Waals surface area contributed by atoms with Gasteiger partial charge in [0, 0.05) is 37.6 Å². The van der Waals surface area contributed by atoms with Crippen molar-refractivity contribution in [1.82, 2.24) is 40.1 Å². The number of hydrogen-bond acceptors (Lipinski definition) is 6. The number of aromatic amines is 1. The lowest BCUT2D eigenvalue weighted by Crippen LogP contribution is -2.22. The van der Waals surface area contributed by atoms with E-state index in [0.29, 0.717) is 5.82 Å². The van der Waals surface area contributed by atoms with Gasteiger partial charge in [-0.05, 0) is 36.9 Å². The highest BCUT2D eigenvalue weighted by atomic mass is 15.5. The van der Waals surface area contributed by atoms with Crippen LogP contribution >= 0.6 is 0 Å². The molecule has 0 radical (unpaired) electrons. The van der Waals surface area contributed by atoms with Crippen molar-refractivity contribution in [2.75, 3.05) is 13.6 Å². The minimum absolute atomic E-state index is 0.542. The highest BCUT2D eigenvalue weighted by Gasteiger charge is 2.09. The van der Waals surface area contributed by atoms with Crippen molar-refractivity contribution in [1.29, 1.82) is 0 Å². The van der Waals surface area contributed by atoms with Gasteiger partial charge in [0.05, 0.1) is 12.0 Å². The van der Waals surface area contributed by atoms with Crippen molar-refractivity contribution >= 4 is 0 Å². The summed E-state index contributed by atoms with van der Waals surface area (Å²) in [5.74, 6) is 0.542. The van der Waals surface area contributed by atoms with E-state index in [4.69, 9.17) is 0 Å². The van der Waals surface area contributed by atoms with Crippen LogP contribution in [0.25, 0.3) is 22.8 Å². The molecule has 3 aromatic heterocycles. The van der Waals surface area contributed by atoms with E-state index in [1.807, 2.05) is 24.7 Å². The SMILES string of the molecule is Cc1ccc(CN(C)CCn2cnc(-c3cc(-c4nn[nH]n4)ccn3)c2)cc1. The van der Waals surface area contributed by atoms with Crippen LogP contribution in [0.1, 0.15) is 11.1 Å². The minimum atomic E-state index is 0.542. The van der Waals surface area contributed by atoms with Crippen LogP contribution in [0.3, 0.4) is 0 Å². The molecule has 8 nitrogen and oxygen atoms in total. The Labute approximate surface area is 163 Å². The third-order valence-corrected chi connectivity index (χ3v) is 4.57. The van der Waals surface area contributed by atoms with E-state index in [1.54, 1.807) is 6.20 Å². The second-order valence-electron chi connectivity index (χ2n) is 6.89. The summed E-state index contributed by atoms with van der Waals surface area (Å²) in [6, 6.07) is 12.4. The van der Waals surface area contributed by atoms with Gasteiger partial charge in [-0.2, -0.15) is 5.21 Å². The number of nitrogens with zero attached hydrogens (tertiary/aromatic N) is 7. The molecule has 1 N–H and O–H groups in total. The first kappa shape index (κ1) is 18.0. The molecular weight excluding hydrogens is 352 g/mol. The predicted molar refractivity (Wildman–Crippen MR) is 106 cm³/mol. The number of imidazole rings is 1. The van der Waals surface area contributed by atoms with Crippen molar-refractivity contribution in [3.05, 3.63) is 66.2 Å². The standard InChI is InChI=1S/C20H22N8/c1-15-3-5-16(6-4-15)12-27(2)9-10-28-13-19(22-14-28)18-11-17(7-8-21-18)20-23-25-26-24-20/h3-8,11,13-14H,9-10,12H2,1-2H3,(H,23,24,25,26). The molecule has 0 unspecified atom stereocenters. The van der Waals surface area contributed by atoms with Gasteiger partial charge in [-0.15, -0.1) is 10.2 Å². The van der Waals surface area contributed by atoms with Crippen LogP contribution < -0.4 is 0 Å². The fourth-order valence-corrected chi connectivity index (χ4v) is 2.98. The molecule has 0 bridgehead atoms. The molecule has 0 fully saturated rings. The van der Waals surface area contributed by atoms with E-state index in [1.165, 1.54) is 11.1 Å². The Morgan fingerprint density at radius 2 is 1.93 bits per heavy atom. The summed E-state index contributed by atoms with van der Waals surface area (Å²) >= 11 is 0. The van der Waals surface area contributed by atoms with E-state index in [0.717, 1.165) is 36.6 Å². The van der Waals surface area contributed by atoms with Gasteiger partial charge in [-0.3, -0.25) is 4.98 Å². The lowest BCUT2D eigenvalue weighted by molar-refractivity contribution is 0.311. The Morgan fingerprint density at radius 1 is 1.07 bits per heavy atom. The maximum atomic E-state index is 4.50. The fraction of sp³-hybridized carbons (Fsp3) is 0.250. The van der Waals surface area contributed by atoms with Gasteiger partial charge >= 0.3 is 0 Å². The molecule has 0 aliphatic carbocycles. The highest BCUT2D eigenvalue weighted by Crippen LogP contribution is 2.20. The topological polar surface area (TPSA) is 88.4 Å². The largest absolute Gasteiger partial charge is 0.335 e. The van der Waals surface area contributed by atoms with Crippen molar-refractivity contribution < 1.29 is 0 Å². The normalized spacial score (nSPS) is 11.2. The van der Waals surface area contributed by atoms with Crippen molar-refractivity contribution in [2.45, 2.75) is 20.0 Å². The summed E-state index contributed by atoms with van der Waals surface area (Å²) in [5.41, 5.74) is 5.07. The fourth-order valence-electron chi connectivity index (χ4n) is 2.98. The highest BCUT2D eigenvalue weighted by molar-refractivity contribution is 5.63. The number of likely N-dealkylation sites (N-methyl/N-ethyl adjacent to an activating group) is 1. The van der Waals surface area contributed by atoms with Gasteiger partial charge in [-0.25, -0.2) is 4.98 Å². The number of benzene rings is 1. The van der Waals surface area contributed by atoms with Gasteiger partial charge in [0.2, 0.25) is 5.82 Å². The molecule has 4 aromatic rings. The zero-order valence-electron chi connectivity index (χ0n) is 15.9. The molecule has 3 heterocycles. The monoisotopic (exact) mass is 374 g/mol. The Morgan fingerprint density at radius 3 is 2.71 bits per heavy atom. The molecule has 4 rings (SSSR count). The Balaban J connectivity index is 1.38. The molecule has 1 aromatic carbocycles. The average Bonchev–Trinajstić information content (AvgIpc) is 3.41. The number of pyridine rings is 1. The first-order valence-corrected chi connectivity index (χ1v) is 9.13. The molecule has 0 atom stereocenters. The molecule has 0 aliphatic rings. The summed E-state index contributed by atoms with van der Waals surface area (Å²) in [7, 11) is 2.13. The third kappa shape index (κ3) is 4.29.